The standard InChI is InChI=1S/C16H23F2NOS/c1-2-19-15(12-6-4-3-5-7-12)11-21(20)16-10-13(17)8-9-14(16)18/h8-10,12,15,19H,2-7,11H2,1H3. The Bertz CT molecular complexity index is 489. The smallest absolute Gasteiger partial charge is 0.139 e. The Kier molecular flexibility index (Phi) is 6.30. The minimum Gasteiger partial charge on any atom is -0.313 e. The van der Waals surface area contributed by atoms with Crippen molar-refractivity contribution >= 4 is 10.8 Å². The van der Waals surface area contributed by atoms with Crippen LogP contribution in [-0.2, 0) is 10.8 Å². The molecule has 0 spiro atoms. The molecule has 0 heterocycles. The number of rotatable bonds is 6. The molecule has 1 N–H and O–H groups in total. The monoisotopic (exact) mass is 315 g/mol. The molecule has 1 saturated carbocycles. The molecular weight excluding hydrogens is 292 g/mol. The number of hydrogen-bond donors (Lipinski definition) is 1. The molecule has 0 saturated heterocycles. The SMILES string of the molecule is CCNC(CS(=O)c1cc(F)ccc1F)C1CCCCC1. The summed E-state index contributed by atoms with van der Waals surface area (Å²) in [6.45, 7) is 2.81. The maximum Gasteiger partial charge on any atom is 0.139 e. The van der Waals surface area contributed by atoms with Crippen molar-refractivity contribution in [1.29, 1.82) is 0 Å². The zero-order valence-corrected chi connectivity index (χ0v) is 13.2. The van der Waals surface area contributed by atoms with E-state index in [4.69, 9.17) is 0 Å². The van der Waals surface area contributed by atoms with Gasteiger partial charge in [-0.05, 0) is 43.5 Å². The van der Waals surface area contributed by atoms with Gasteiger partial charge in [-0.15, -0.1) is 0 Å². The lowest BCUT2D eigenvalue weighted by Gasteiger charge is -2.30. The largest absolute Gasteiger partial charge is 0.313 e. The molecule has 2 nitrogen and oxygen atoms in total. The van der Waals surface area contributed by atoms with E-state index in [1.54, 1.807) is 0 Å². The lowest BCUT2D eigenvalue weighted by atomic mass is 9.84. The van der Waals surface area contributed by atoms with Crippen LogP contribution < -0.4 is 5.32 Å². The van der Waals surface area contributed by atoms with E-state index in [1.165, 1.54) is 19.3 Å². The zero-order valence-electron chi connectivity index (χ0n) is 12.4. The van der Waals surface area contributed by atoms with E-state index in [1.807, 2.05) is 6.92 Å². The first-order valence-electron chi connectivity index (χ1n) is 7.68. The summed E-state index contributed by atoms with van der Waals surface area (Å²) >= 11 is 0. The molecule has 0 radical (unpaired) electrons. The molecule has 1 aromatic carbocycles. The normalized spacial score (nSPS) is 19.4. The van der Waals surface area contributed by atoms with Crippen LogP contribution in [0.5, 0.6) is 0 Å². The van der Waals surface area contributed by atoms with Gasteiger partial charge in [0.25, 0.3) is 0 Å². The lowest BCUT2D eigenvalue weighted by Crippen LogP contribution is -2.41. The lowest BCUT2D eigenvalue weighted by molar-refractivity contribution is 0.287. The van der Waals surface area contributed by atoms with Crippen LogP contribution in [-0.4, -0.2) is 22.5 Å². The third kappa shape index (κ3) is 4.58. The summed E-state index contributed by atoms with van der Waals surface area (Å²) in [6.07, 6.45) is 5.92. The van der Waals surface area contributed by atoms with Crippen molar-refractivity contribution in [1.82, 2.24) is 5.32 Å². The number of hydrogen-bond acceptors (Lipinski definition) is 2. The quantitative estimate of drug-likeness (QED) is 0.868. The van der Waals surface area contributed by atoms with Crippen LogP contribution in [0, 0.1) is 17.6 Å². The van der Waals surface area contributed by atoms with Crippen molar-refractivity contribution < 1.29 is 13.0 Å². The Morgan fingerprint density at radius 1 is 1.29 bits per heavy atom. The number of benzene rings is 1. The molecular formula is C16H23F2NOS. The van der Waals surface area contributed by atoms with Crippen LogP contribution in [0.25, 0.3) is 0 Å². The third-order valence-corrected chi connectivity index (χ3v) is 5.62. The molecule has 2 rings (SSSR count). The summed E-state index contributed by atoms with van der Waals surface area (Å²) in [7, 11) is -1.52. The highest BCUT2D eigenvalue weighted by Crippen LogP contribution is 2.28. The van der Waals surface area contributed by atoms with Crippen molar-refractivity contribution in [3.8, 4) is 0 Å². The summed E-state index contributed by atoms with van der Waals surface area (Å²) in [4.78, 5) is -0.0197. The molecule has 2 unspecified atom stereocenters. The highest BCUT2D eigenvalue weighted by Gasteiger charge is 2.26. The average molecular weight is 315 g/mol. The fourth-order valence-electron chi connectivity index (χ4n) is 3.06. The van der Waals surface area contributed by atoms with Crippen molar-refractivity contribution in [2.45, 2.75) is 50.0 Å². The van der Waals surface area contributed by atoms with Crippen molar-refractivity contribution in [3.05, 3.63) is 29.8 Å². The fourth-order valence-corrected chi connectivity index (χ4v) is 4.49. The molecule has 1 aliphatic rings. The first-order chi connectivity index (χ1) is 10.1. The van der Waals surface area contributed by atoms with E-state index in [0.29, 0.717) is 11.7 Å². The minimum absolute atomic E-state index is 0.0197. The van der Waals surface area contributed by atoms with E-state index >= 15 is 0 Å². The van der Waals surface area contributed by atoms with E-state index < -0.39 is 22.4 Å². The van der Waals surface area contributed by atoms with Crippen LogP contribution in [0.15, 0.2) is 23.1 Å². The number of halogens is 2. The fraction of sp³-hybridized carbons (Fsp3) is 0.625. The van der Waals surface area contributed by atoms with Crippen molar-refractivity contribution in [2.75, 3.05) is 12.3 Å². The molecule has 0 aliphatic heterocycles. The molecule has 118 valence electrons. The minimum atomic E-state index is -1.52. The first kappa shape index (κ1) is 16.6. The van der Waals surface area contributed by atoms with Gasteiger partial charge in [0.2, 0.25) is 0 Å². The second-order valence-corrected chi connectivity index (χ2v) is 7.11. The Morgan fingerprint density at radius 2 is 2.00 bits per heavy atom. The predicted octanol–water partition coefficient (Wildman–Crippen LogP) is 3.63. The van der Waals surface area contributed by atoms with Gasteiger partial charge in [-0.2, -0.15) is 0 Å². The Balaban J connectivity index is 2.08. The Hall–Kier alpha value is -0.810. The van der Waals surface area contributed by atoms with Gasteiger partial charge >= 0.3 is 0 Å². The van der Waals surface area contributed by atoms with Crippen LogP contribution >= 0.6 is 0 Å². The van der Waals surface area contributed by atoms with E-state index in [9.17, 15) is 13.0 Å². The zero-order chi connectivity index (χ0) is 15.2. The maximum atomic E-state index is 13.7. The van der Waals surface area contributed by atoms with Crippen LogP contribution in [0.3, 0.4) is 0 Å². The second-order valence-electron chi connectivity index (χ2n) is 5.65. The molecule has 5 heteroatoms. The van der Waals surface area contributed by atoms with Gasteiger partial charge in [0.15, 0.2) is 0 Å². The summed E-state index contributed by atoms with van der Waals surface area (Å²) in [6, 6.07) is 3.26. The van der Waals surface area contributed by atoms with Crippen LogP contribution in [0.2, 0.25) is 0 Å². The topological polar surface area (TPSA) is 29.1 Å². The summed E-state index contributed by atoms with van der Waals surface area (Å²) in [5, 5.41) is 3.38. The molecule has 1 fully saturated rings. The van der Waals surface area contributed by atoms with Gasteiger partial charge in [0.05, 0.1) is 15.7 Å². The molecule has 0 aromatic heterocycles. The van der Waals surface area contributed by atoms with E-state index in [2.05, 4.69) is 5.32 Å². The average Bonchev–Trinajstić information content (AvgIpc) is 2.50. The Labute approximate surface area is 127 Å². The summed E-state index contributed by atoms with van der Waals surface area (Å²) in [5.41, 5.74) is 0. The summed E-state index contributed by atoms with van der Waals surface area (Å²) < 4.78 is 39.4. The highest BCUT2D eigenvalue weighted by molar-refractivity contribution is 7.85. The molecule has 2 atom stereocenters. The molecule has 0 bridgehead atoms. The van der Waals surface area contributed by atoms with Crippen molar-refractivity contribution in [2.24, 2.45) is 5.92 Å². The van der Waals surface area contributed by atoms with Crippen LogP contribution in [0.4, 0.5) is 8.78 Å². The Morgan fingerprint density at radius 3 is 2.67 bits per heavy atom. The highest BCUT2D eigenvalue weighted by atomic mass is 32.2. The molecule has 0 amide bonds. The molecule has 21 heavy (non-hydrogen) atoms. The van der Waals surface area contributed by atoms with Gasteiger partial charge in [0, 0.05) is 11.8 Å². The van der Waals surface area contributed by atoms with Gasteiger partial charge in [0.1, 0.15) is 11.6 Å². The molecule has 1 aromatic rings. The van der Waals surface area contributed by atoms with Crippen molar-refractivity contribution in [3.63, 3.8) is 0 Å². The second kappa shape index (κ2) is 7.99. The maximum absolute atomic E-state index is 13.7. The van der Waals surface area contributed by atoms with Gasteiger partial charge in [-0.25, -0.2) is 8.78 Å². The third-order valence-electron chi connectivity index (χ3n) is 4.15. The molecule has 1 aliphatic carbocycles. The number of nitrogens with one attached hydrogen (secondary N) is 1. The van der Waals surface area contributed by atoms with E-state index in [-0.39, 0.29) is 10.9 Å². The van der Waals surface area contributed by atoms with Gasteiger partial charge in [-0.1, -0.05) is 26.2 Å². The van der Waals surface area contributed by atoms with Gasteiger partial charge in [-0.3, -0.25) is 4.21 Å². The van der Waals surface area contributed by atoms with E-state index in [0.717, 1.165) is 37.6 Å². The van der Waals surface area contributed by atoms with Crippen LogP contribution in [0.1, 0.15) is 39.0 Å². The summed E-state index contributed by atoms with van der Waals surface area (Å²) in [5.74, 6) is -0.302. The first-order valence-corrected chi connectivity index (χ1v) is 9.00. The predicted molar refractivity (Wildman–Crippen MR) is 81.7 cm³/mol. The van der Waals surface area contributed by atoms with Gasteiger partial charge < -0.3 is 5.32 Å².